The number of fused-ring (bicyclic) bond motifs is 2. The van der Waals surface area contributed by atoms with Gasteiger partial charge in [0.15, 0.2) is 0 Å². The monoisotopic (exact) mass is 534 g/mol. The molecular formula is C29H31FN4O5. The van der Waals surface area contributed by atoms with E-state index in [1.807, 2.05) is 13.0 Å². The predicted molar refractivity (Wildman–Crippen MR) is 139 cm³/mol. The quantitative estimate of drug-likeness (QED) is 0.539. The van der Waals surface area contributed by atoms with E-state index in [4.69, 9.17) is 4.74 Å². The molecule has 204 valence electrons. The maximum atomic E-state index is 13.7. The van der Waals surface area contributed by atoms with Crippen LogP contribution in [0, 0.1) is 17.7 Å². The highest BCUT2D eigenvalue weighted by molar-refractivity contribution is 6.06. The molecule has 0 unspecified atom stereocenters. The van der Waals surface area contributed by atoms with Gasteiger partial charge in [-0.3, -0.25) is 14.4 Å². The van der Waals surface area contributed by atoms with Crippen LogP contribution in [0.2, 0.25) is 0 Å². The molecule has 6 rings (SSSR count). The lowest BCUT2D eigenvalue weighted by Crippen LogP contribution is -2.48. The summed E-state index contributed by atoms with van der Waals surface area (Å²) in [5.41, 5.74) is 1.36. The first-order valence-corrected chi connectivity index (χ1v) is 13.5. The fraction of sp³-hybridized carbons (Fsp3) is 0.448. The fourth-order valence-corrected chi connectivity index (χ4v) is 5.75. The zero-order valence-corrected chi connectivity index (χ0v) is 21.7. The van der Waals surface area contributed by atoms with Crippen molar-refractivity contribution >= 4 is 29.5 Å². The molecule has 2 aromatic carbocycles. The minimum absolute atomic E-state index is 0.0555. The Morgan fingerprint density at radius 2 is 1.92 bits per heavy atom. The molecule has 2 saturated heterocycles. The predicted octanol–water partition coefficient (Wildman–Crippen LogP) is 2.93. The summed E-state index contributed by atoms with van der Waals surface area (Å²) in [6, 6.07) is 11.2. The van der Waals surface area contributed by atoms with Crippen molar-refractivity contribution in [3.63, 3.8) is 0 Å². The van der Waals surface area contributed by atoms with E-state index in [9.17, 15) is 23.6 Å². The number of imide groups is 1. The van der Waals surface area contributed by atoms with Gasteiger partial charge < -0.3 is 20.3 Å². The van der Waals surface area contributed by atoms with Gasteiger partial charge in [0.1, 0.15) is 12.4 Å². The van der Waals surface area contributed by atoms with Gasteiger partial charge in [0.25, 0.3) is 5.91 Å². The maximum absolute atomic E-state index is 13.7. The van der Waals surface area contributed by atoms with E-state index in [-0.39, 0.29) is 42.6 Å². The maximum Gasteiger partial charge on any atom is 0.418 e. The second kappa shape index (κ2) is 9.75. The minimum Gasteiger partial charge on any atom is -0.427 e. The molecule has 2 aliphatic carbocycles. The Labute approximate surface area is 225 Å². The Morgan fingerprint density at radius 1 is 1.18 bits per heavy atom. The molecular weight excluding hydrogens is 503 g/mol. The summed E-state index contributed by atoms with van der Waals surface area (Å²) in [6.07, 6.45) is 1.97. The van der Waals surface area contributed by atoms with Gasteiger partial charge in [-0.25, -0.2) is 14.1 Å². The smallest absolute Gasteiger partial charge is 0.418 e. The fourth-order valence-electron chi connectivity index (χ4n) is 5.75. The van der Waals surface area contributed by atoms with Crippen LogP contribution in [0.3, 0.4) is 0 Å². The highest BCUT2D eigenvalue weighted by Crippen LogP contribution is 2.46. The Balaban J connectivity index is 1.18. The number of carbonyl (C=O) groups is 4. The van der Waals surface area contributed by atoms with E-state index in [1.165, 1.54) is 12.1 Å². The average Bonchev–Trinajstić information content (AvgIpc) is 3.63. The van der Waals surface area contributed by atoms with Crippen molar-refractivity contribution in [3.05, 3.63) is 65.0 Å². The van der Waals surface area contributed by atoms with Crippen molar-refractivity contribution in [1.82, 2.24) is 15.1 Å². The summed E-state index contributed by atoms with van der Waals surface area (Å²) in [5.74, 6) is -1.01. The van der Waals surface area contributed by atoms with E-state index in [2.05, 4.69) is 10.6 Å². The largest absolute Gasteiger partial charge is 0.427 e. The van der Waals surface area contributed by atoms with Crippen molar-refractivity contribution in [2.75, 3.05) is 25.0 Å². The summed E-state index contributed by atoms with van der Waals surface area (Å²) in [4.78, 5) is 55.1. The average molecular weight is 535 g/mol. The van der Waals surface area contributed by atoms with Crippen LogP contribution in [-0.4, -0.2) is 59.3 Å². The Bertz CT molecular complexity index is 1340. The van der Waals surface area contributed by atoms with E-state index in [0.29, 0.717) is 36.7 Å². The lowest BCUT2D eigenvalue weighted by Gasteiger charge is -2.30. The molecule has 3 fully saturated rings. The first-order valence-electron chi connectivity index (χ1n) is 13.5. The minimum atomic E-state index is -1.46. The highest BCUT2D eigenvalue weighted by atomic mass is 19.1. The third-order valence-corrected chi connectivity index (χ3v) is 8.45. The van der Waals surface area contributed by atoms with Crippen molar-refractivity contribution < 1.29 is 28.3 Å². The van der Waals surface area contributed by atoms with E-state index >= 15 is 0 Å². The normalized spacial score (nSPS) is 22.9. The second-order valence-electron chi connectivity index (χ2n) is 11.0. The van der Waals surface area contributed by atoms with Gasteiger partial charge in [-0.1, -0.05) is 18.2 Å². The molecule has 9 nitrogen and oxygen atoms in total. The van der Waals surface area contributed by atoms with Gasteiger partial charge in [0.2, 0.25) is 17.4 Å². The van der Waals surface area contributed by atoms with Crippen LogP contribution in [0.1, 0.15) is 42.9 Å². The highest BCUT2D eigenvalue weighted by Gasteiger charge is 2.58. The molecule has 2 aromatic rings. The van der Waals surface area contributed by atoms with Crippen molar-refractivity contribution in [2.24, 2.45) is 11.8 Å². The van der Waals surface area contributed by atoms with Crippen molar-refractivity contribution in [2.45, 2.75) is 50.8 Å². The summed E-state index contributed by atoms with van der Waals surface area (Å²) >= 11 is 0. The number of hydrogen-bond donors (Lipinski definition) is 2. The van der Waals surface area contributed by atoms with E-state index in [1.54, 1.807) is 29.2 Å². The molecule has 0 bridgehead atoms. The molecule has 4 amide bonds. The van der Waals surface area contributed by atoms with Gasteiger partial charge in [0, 0.05) is 43.3 Å². The standard InChI is InChI=1S/C29H31FN4O5/c1-17(19-4-5-19)33(15-18-2-6-22(30)7-3-18)25(35)16-34-27(37)29(39-28(34)38)11-10-20-12-23(8-9-24(20)29)32-26(36)21-13-31-14-21/h2-3,6-9,12,17,19,21,31H,4-5,10-11,13-16H2,1H3,(H,32,36)/t17-,29-/m0/s1. The first kappa shape index (κ1) is 25.5. The first-order chi connectivity index (χ1) is 18.7. The molecule has 2 atom stereocenters. The van der Waals surface area contributed by atoms with Crippen molar-refractivity contribution in [3.8, 4) is 0 Å². The van der Waals surface area contributed by atoms with Crippen LogP contribution in [0.15, 0.2) is 42.5 Å². The van der Waals surface area contributed by atoms with Crippen LogP contribution >= 0.6 is 0 Å². The Hall–Kier alpha value is -3.79. The lowest BCUT2D eigenvalue weighted by atomic mass is 9.94. The third-order valence-electron chi connectivity index (χ3n) is 8.45. The van der Waals surface area contributed by atoms with Gasteiger partial charge in [0.05, 0.1) is 5.92 Å². The number of nitrogens with zero attached hydrogens (tertiary/aromatic N) is 2. The van der Waals surface area contributed by atoms with Crippen LogP contribution in [0.5, 0.6) is 0 Å². The summed E-state index contributed by atoms with van der Waals surface area (Å²) < 4.78 is 19.1. The number of carbonyl (C=O) groups excluding carboxylic acids is 4. The number of ether oxygens (including phenoxy) is 1. The molecule has 2 aliphatic heterocycles. The van der Waals surface area contributed by atoms with Crippen LogP contribution in [0.4, 0.5) is 14.9 Å². The SMILES string of the molecule is C[C@@H](C1CC1)N(Cc1ccc(F)cc1)C(=O)CN1C(=O)O[C@]2(CCc3cc(NC(=O)C4CNC4)ccc32)C1=O. The molecule has 1 spiro atoms. The van der Waals surface area contributed by atoms with Gasteiger partial charge >= 0.3 is 6.09 Å². The molecule has 2 heterocycles. The zero-order chi connectivity index (χ0) is 27.3. The van der Waals surface area contributed by atoms with E-state index < -0.39 is 24.1 Å². The van der Waals surface area contributed by atoms with Crippen LogP contribution < -0.4 is 10.6 Å². The topological polar surface area (TPSA) is 108 Å². The number of aryl methyl sites for hydroxylation is 1. The second-order valence-corrected chi connectivity index (χ2v) is 11.0. The molecule has 1 saturated carbocycles. The number of hydrogen-bond acceptors (Lipinski definition) is 6. The molecule has 4 aliphatic rings. The molecule has 10 heteroatoms. The number of nitrogens with one attached hydrogen (secondary N) is 2. The zero-order valence-electron chi connectivity index (χ0n) is 21.7. The number of benzene rings is 2. The number of halogens is 1. The third kappa shape index (κ3) is 4.67. The van der Waals surface area contributed by atoms with Gasteiger partial charge in [-0.05, 0) is 67.5 Å². The van der Waals surface area contributed by atoms with E-state index in [0.717, 1.165) is 28.9 Å². The van der Waals surface area contributed by atoms with Gasteiger partial charge in [-0.2, -0.15) is 0 Å². The van der Waals surface area contributed by atoms with Crippen LogP contribution in [0.25, 0.3) is 0 Å². The van der Waals surface area contributed by atoms with Gasteiger partial charge in [-0.15, -0.1) is 0 Å². The number of anilines is 1. The Kier molecular flexibility index (Phi) is 6.37. The summed E-state index contributed by atoms with van der Waals surface area (Å²) in [5, 5.41) is 5.99. The molecule has 0 radical (unpaired) electrons. The summed E-state index contributed by atoms with van der Waals surface area (Å²) in [7, 11) is 0. The Morgan fingerprint density at radius 3 is 2.59 bits per heavy atom. The lowest BCUT2D eigenvalue weighted by molar-refractivity contribution is -0.143. The van der Waals surface area contributed by atoms with Crippen LogP contribution in [-0.2, 0) is 37.7 Å². The van der Waals surface area contributed by atoms with Crippen molar-refractivity contribution in [1.29, 1.82) is 0 Å². The number of amides is 4. The molecule has 0 aromatic heterocycles. The molecule has 39 heavy (non-hydrogen) atoms. The molecule has 2 N–H and O–H groups in total. The number of rotatable bonds is 8. The summed E-state index contributed by atoms with van der Waals surface area (Å²) in [6.45, 7) is 3.11.